The normalized spacial score (nSPS) is 10.6. The Morgan fingerprint density at radius 1 is 1.22 bits per heavy atom. The molecule has 2 amide bonds. The van der Waals surface area contributed by atoms with Crippen molar-refractivity contribution in [1.82, 2.24) is 19.6 Å². The van der Waals surface area contributed by atoms with Crippen LogP contribution in [0.15, 0.2) is 42.9 Å². The molecule has 0 spiro atoms. The molecule has 0 aliphatic rings. The van der Waals surface area contributed by atoms with Crippen molar-refractivity contribution in [2.24, 2.45) is 12.8 Å². The topological polar surface area (TPSA) is 151 Å². The number of rotatable bonds is 6. The quantitative estimate of drug-likeness (QED) is 0.487. The minimum atomic E-state index is -0.700. The Balaban J connectivity index is 1.70. The number of carbonyl (C=O) groups is 2. The van der Waals surface area contributed by atoms with Gasteiger partial charge >= 0.3 is 5.69 Å². The molecule has 0 aliphatic carbocycles. The van der Waals surface area contributed by atoms with Gasteiger partial charge in [-0.25, -0.2) is 0 Å². The summed E-state index contributed by atoms with van der Waals surface area (Å²) in [5.41, 5.74) is 6.69. The Hall–Kier alpha value is -4.02. The Kier molecular flexibility index (Phi) is 4.66. The van der Waals surface area contributed by atoms with E-state index in [-0.39, 0.29) is 17.1 Å². The maximum atomic E-state index is 12.4. The van der Waals surface area contributed by atoms with Crippen LogP contribution in [-0.4, -0.2) is 36.3 Å². The summed E-state index contributed by atoms with van der Waals surface area (Å²) in [5.74, 6) is -1.12. The average Bonchev–Trinajstić information content (AvgIpc) is 3.22. The van der Waals surface area contributed by atoms with Crippen molar-refractivity contribution >= 4 is 23.2 Å². The lowest BCUT2D eigenvalue weighted by Gasteiger charge is -2.07. The molecule has 3 rings (SSSR count). The summed E-state index contributed by atoms with van der Waals surface area (Å²) in [6.07, 6.45) is 3.84. The van der Waals surface area contributed by atoms with Crippen LogP contribution in [0.4, 0.5) is 11.4 Å². The molecule has 138 valence electrons. The fourth-order valence-corrected chi connectivity index (χ4v) is 2.50. The second kappa shape index (κ2) is 7.07. The van der Waals surface area contributed by atoms with E-state index in [1.54, 1.807) is 31.3 Å². The molecule has 2 aromatic heterocycles. The third kappa shape index (κ3) is 3.81. The van der Waals surface area contributed by atoms with E-state index in [0.717, 1.165) is 5.56 Å². The van der Waals surface area contributed by atoms with Crippen LogP contribution in [0.25, 0.3) is 0 Å². The summed E-state index contributed by atoms with van der Waals surface area (Å²) in [6, 6.07) is 6.62. The minimum absolute atomic E-state index is 0.0901. The number of amides is 2. The van der Waals surface area contributed by atoms with Crippen molar-refractivity contribution in [2.75, 3.05) is 5.32 Å². The van der Waals surface area contributed by atoms with Gasteiger partial charge in [-0.15, -0.1) is 0 Å². The maximum Gasteiger partial charge on any atom is 0.307 e. The summed E-state index contributed by atoms with van der Waals surface area (Å²) in [6.45, 7) is 0.324. The molecule has 11 nitrogen and oxygen atoms in total. The van der Waals surface area contributed by atoms with Crippen LogP contribution in [-0.2, 0) is 13.6 Å². The van der Waals surface area contributed by atoms with E-state index in [2.05, 4.69) is 15.5 Å². The van der Waals surface area contributed by atoms with Crippen molar-refractivity contribution in [3.8, 4) is 0 Å². The van der Waals surface area contributed by atoms with Gasteiger partial charge in [-0.1, -0.05) is 12.1 Å². The summed E-state index contributed by atoms with van der Waals surface area (Å²) >= 11 is 0. The summed E-state index contributed by atoms with van der Waals surface area (Å²) in [4.78, 5) is 34.0. The number of nitrogens with zero attached hydrogens (tertiary/aromatic N) is 5. The van der Waals surface area contributed by atoms with Crippen LogP contribution in [0, 0.1) is 10.1 Å². The number of aromatic nitrogens is 4. The van der Waals surface area contributed by atoms with Crippen LogP contribution < -0.4 is 11.1 Å². The largest absolute Gasteiger partial charge is 0.364 e. The molecule has 0 fully saturated rings. The molecule has 3 aromatic rings. The van der Waals surface area contributed by atoms with E-state index in [4.69, 9.17) is 5.73 Å². The fourth-order valence-electron chi connectivity index (χ4n) is 2.50. The first-order chi connectivity index (χ1) is 12.8. The van der Waals surface area contributed by atoms with Crippen LogP contribution in [0.5, 0.6) is 0 Å². The number of hydrogen-bond donors (Lipinski definition) is 2. The summed E-state index contributed by atoms with van der Waals surface area (Å²) in [5, 5.41) is 21.1. The fraction of sp³-hybridized carbons (Fsp3) is 0.125. The van der Waals surface area contributed by atoms with Gasteiger partial charge in [-0.3, -0.25) is 29.1 Å². The van der Waals surface area contributed by atoms with Gasteiger partial charge in [0.1, 0.15) is 18.1 Å². The molecule has 2 heterocycles. The molecule has 3 N–H and O–H groups in total. The Morgan fingerprint density at radius 2 is 1.93 bits per heavy atom. The zero-order valence-electron chi connectivity index (χ0n) is 14.2. The van der Waals surface area contributed by atoms with Gasteiger partial charge in [0.2, 0.25) is 0 Å². The van der Waals surface area contributed by atoms with E-state index >= 15 is 0 Å². The van der Waals surface area contributed by atoms with E-state index in [1.807, 2.05) is 0 Å². The first kappa shape index (κ1) is 17.8. The SMILES string of the molecule is Cn1ncc(NC(=O)c2ccc(Cn3cc([N+](=O)[O-])cn3)cc2)c1C(N)=O. The first-order valence-electron chi connectivity index (χ1n) is 7.74. The average molecular weight is 369 g/mol. The molecular formula is C16H15N7O4. The third-order valence-corrected chi connectivity index (χ3v) is 3.81. The van der Waals surface area contributed by atoms with Crippen LogP contribution >= 0.6 is 0 Å². The zero-order valence-corrected chi connectivity index (χ0v) is 14.2. The van der Waals surface area contributed by atoms with Crippen LogP contribution in [0.1, 0.15) is 26.4 Å². The van der Waals surface area contributed by atoms with Crippen molar-refractivity contribution < 1.29 is 14.5 Å². The van der Waals surface area contributed by atoms with E-state index in [1.165, 1.54) is 28.0 Å². The van der Waals surface area contributed by atoms with Gasteiger partial charge in [-0.2, -0.15) is 10.2 Å². The first-order valence-corrected chi connectivity index (χ1v) is 7.74. The zero-order chi connectivity index (χ0) is 19.6. The molecule has 0 unspecified atom stereocenters. The standard InChI is InChI=1S/C16H15N7O4/c1-21-14(15(17)24)13(7-18-21)20-16(25)11-4-2-10(3-5-11)8-22-9-12(6-19-22)23(26)27/h2-7,9H,8H2,1H3,(H2,17,24)(H,20,25). The van der Waals surface area contributed by atoms with Gasteiger partial charge in [0, 0.05) is 12.6 Å². The molecule has 0 saturated heterocycles. The van der Waals surface area contributed by atoms with E-state index in [0.29, 0.717) is 12.1 Å². The van der Waals surface area contributed by atoms with Crippen LogP contribution in [0.2, 0.25) is 0 Å². The number of nitrogens with two attached hydrogens (primary N) is 1. The third-order valence-electron chi connectivity index (χ3n) is 3.81. The van der Waals surface area contributed by atoms with E-state index < -0.39 is 16.7 Å². The van der Waals surface area contributed by atoms with Crippen molar-refractivity contribution in [3.05, 3.63) is 69.8 Å². The second-order valence-corrected chi connectivity index (χ2v) is 5.70. The number of nitrogens with one attached hydrogen (secondary N) is 1. The lowest BCUT2D eigenvalue weighted by molar-refractivity contribution is -0.385. The molecule has 0 bridgehead atoms. The van der Waals surface area contributed by atoms with Crippen molar-refractivity contribution in [3.63, 3.8) is 0 Å². The monoisotopic (exact) mass is 369 g/mol. The Labute approximate surface area is 152 Å². The van der Waals surface area contributed by atoms with Gasteiger partial charge in [-0.05, 0) is 17.7 Å². The van der Waals surface area contributed by atoms with Crippen molar-refractivity contribution in [1.29, 1.82) is 0 Å². The van der Waals surface area contributed by atoms with Gasteiger partial charge in [0.05, 0.1) is 23.4 Å². The second-order valence-electron chi connectivity index (χ2n) is 5.70. The number of primary amides is 1. The molecule has 0 aliphatic heterocycles. The number of aryl methyl sites for hydroxylation is 1. The maximum absolute atomic E-state index is 12.4. The molecule has 0 atom stereocenters. The number of benzene rings is 1. The molecule has 27 heavy (non-hydrogen) atoms. The highest BCUT2D eigenvalue weighted by molar-refractivity contribution is 6.08. The number of carbonyl (C=O) groups excluding carboxylic acids is 2. The number of nitro groups is 1. The predicted molar refractivity (Wildman–Crippen MR) is 94.1 cm³/mol. The summed E-state index contributed by atoms with van der Waals surface area (Å²) in [7, 11) is 1.55. The number of hydrogen-bond acceptors (Lipinski definition) is 6. The predicted octanol–water partition coefficient (Wildman–Crippen LogP) is 0.924. The Morgan fingerprint density at radius 3 is 2.52 bits per heavy atom. The van der Waals surface area contributed by atoms with Crippen LogP contribution in [0.3, 0.4) is 0 Å². The highest BCUT2D eigenvalue weighted by atomic mass is 16.6. The molecule has 11 heteroatoms. The summed E-state index contributed by atoms with van der Waals surface area (Å²) < 4.78 is 2.71. The molecule has 0 radical (unpaired) electrons. The van der Waals surface area contributed by atoms with E-state index in [9.17, 15) is 19.7 Å². The van der Waals surface area contributed by atoms with Gasteiger partial charge in [0.15, 0.2) is 0 Å². The lowest BCUT2D eigenvalue weighted by atomic mass is 10.1. The number of anilines is 1. The van der Waals surface area contributed by atoms with Crippen molar-refractivity contribution in [2.45, 2.75) is 6.54 Å². The smallest absolute Gasteiger partial charge is 0.307 e. The lowest BCUT2D eigenvalue weighted by Crippen LogP contribution is -2.20. The highest BCUT2D eigenvalue weighted by Gasteiger charge is 2.17. The minimum Gasteiger partial charge on any atom is -0.364 e. The van der Waals surface area contributed by atoms with Gasteiger partial charge in [0.25, 0.3) is 11.8 Å². The molecular weight excluding hydrogens is 354 g/mol. The van der Waals surface area contributed by atoms with Gasteiger partial charge < -0.3 is 11.1 Å². The molecule has 1 aromatic carbocycles. The highest BCUT2D eigenvalue weighted by Crippen LogP contribution is 2.16. The molecule has 0 saturated carbocycles. The Bertz CT molecular complexity index is 1020.